The molecule has 2 N–H and O–H groups in total. The number of hydrogen-bond acceptors (Lipinski definition) is 1. The van der Waals surface area contributed by atoms with Crippen LogP contribution in [0.15, 0.2) is 18.2 Å². The molecule has 0 unspecified atom stereocenters. The van der Waals surface area contributed by atoms with E-state index < -0.39 is 0 Å². The first kappa shape index (κ1) is 11.2. The fraction of sp³-hybridized carbons (Fsp3) is 0.500. The van der Waals surface area contributed by atoms with E-state index in [4.69, 9.17) is 5.73 Å². The Morgan fingerprint density at radius 3 is 2.50 bits per heavy atom. The zero-order valence-corrected chi connectivity index (χ0v) is 9.05. The number of nitrogens with two attached hydrogens (primary N) is 1. The number of aryl methyl sites for hydroxylation is 1. The first-order valence-electron chi connectivity index (χ1n) is 5.02. The summed E-state index contributed by atoms with van der Waals surface area (Å²) in [6.07, 6.45) is 0.937. The highest BCUT2D eigenvalue weighted by Gasteiger charge is 2.10. The largest absolute Gasteiger partial charge is 0.324 e. The summed E-state index contributed by atoms with van der Waals surface area (Å²) in [7, 11) is 0. The van der Waals surface area contributed by atoms with Crippen molar-refractivity contribution in [3.05, 3.63) is 35.1 Å². The van der Waals surface area contributed by atoms with E-state index in [0.29, 0.717) is 5.92 Å². The SMILES string of the molecule is Cc1cc(F)ccc1[C@@H](N)CC(C)C. The second-order valence-electron chi connectivity index (χ2n) is 4.24. The molecule has 0 bridgehead atoms. The van der Waals surface area contributed by atoms with E-state index in [0.717, 1.165) is 17.5 Å². The maximum absolute atomic E-state index is 12.8. The lowest BCUT2D eigenvalue weighted by Gasteiger charge is -2.16. The fourth-order valence-electron chi connectivity index (χ4n) is 1.69. The van der Waals surface area contributed by atoms with Gasteiger partial charge in [0.05, 0.1) is 0 Å². The minimum atomic E-state index is -0.192. The van der Waals surface area contributed by atoms with Crippen LogP contribution in [0.4, 0.5) is 4.39 Å². The van der Waals surface area contributed by atoms with Crippen LogP contribution in [-0.2, 0) is 0 Å². The Balaban J connectivity index is 2.84. The first-order valence-corrected chi connectivity index (χ1v) is 5.02. The Kier molecular flexibility index (Phi) is 3.64. The van der Waals surface area contributed by atoms with Crippen molar-refractivity contribution in [1.82, 2.24) is 0 Å². The van der Waals surface area contributed by atoms with Crippen LogP contribution in [0.25, 0.3) is 0 Å². The molecule has 0 amide bonds. The Hall–Kier alpha value is -0.890. The first-order chi connectivity index (χ1) is 6.50. The van der Waals surface area contributed by atoms with E-state index in [1.54, 1.807) is 6.07 Å². The van der Waals surface area contributed by atoms with Crippen LogP contribution in [0.2, 0.25) is 0 Å². The van der Waals surface area contributed by atoms with Gasteiger partial charge in [-0.2, -0.15) is 0 Å². The van der Waals surface area contributed by atoms with Gasteiger partial charge in [0.25, 0.3) is 0 Å². The van der Waals surface area contributed by atoms with Crippen LogP contribution in [0.1, 0.15) is 37.4 Å². The van der Waals surface area contributed by atoms with Crippen molar-refractivity contribution in [3.8, 4) is 0 Å². The molecule has 78 valence electrons. The van der Waals surface area contributed by atoms with Gasteiger partial charge in [-0.05, 0) is 42.5 Å². The Morgan fingerprint density at radius 1 is 1.36 bits per heavy atom. The highest BCUT2D eigenvalue weighted by Crippen LogP contribution is 2.22. The topological polar surface area (TPSA) is 26.0 Å². The van der Waals surface area contributed by atoms with Gasteiger partial charge in [-0.15, -0.1) is 0 Å². The number of hydrogen-bond donors (Lipinski definition) is 1. The molecule has 0 aromatic heterocycles. The van der Waals surface area contributed by atoms with Crippen molar-refractivity contribution in [2.45, 2.75) is 33.2 Å². The maximum Gasteiger partial charge on any atom is 0.123 e. The molecule has 1 atom stereocenters. The van der Waals surface area contributed by atoms with Crippen molar-refractivity contribution in [2.75, 3.05) is 0 Å². The van der Waals surface area contributed by atoms with Crippen molar-refractivity contribution in [2.24, 2.45) is 11.7 Å². The summed E-state index contributed by atoms with van der Waals surface area (Å²) in [4.78, 5) is 0. The quantitative estimate of drug-likeness (QED) is 0.787. The van der Waals surface area contributed by atoms with E-state index in [1.165, 1.54) is 12.1 Å². The van der Waals surface area contributed by atoms with Gasteiger partial charge < -0.3 is 5.73 Å². The van der Waals surface area contributed by atoms with Gasteiger partial charge in [-0.25, -0.2) is 4.39 Å². The molecule has 14 heavy (non-hydrogen) atoms. The lowest BCUT2D eigenvalue weighted by Crippen LogP contribution is -2.14. The molecule has 0 fully saturated rings. The molecule has 1 rings (SSSR count). The third-order valence-electron chi connectivity index (χ3n) is 2.36. The smallest absolute Gasteiger partial charge is 0.123 e. The van der Waals surface area contributed by atoms with Crippen molar-refractivity contribution >= 4 is 0 Å². The van der Waals surface area contributed by atoms with Gasteiger partial charge in [-0.3, -0.25) is 0 Å². The monoisotopic (exact) mass is 195 g/mol. The zero-order valence-electron chi connectivity index (χ0n) is 9.05. The van der Waals surface area contributed by atoms with Crippen LogP contribution >= 0.6 is 0 Å². The van der Waals surface area contributed by atoms with Crippen molar-refractivity contribution in [3.63, 3.8) is 0 Å². The second-order valence-corrected chi connectivity index (χ2v) is 4.24. The van der Waals surface area contributed by atoms with E-state index in [9.17, 15) is 4.39 Å². The van der Waals surface area contributed by atoms with E-state index in [-0.39, 0.29) is 11.9 Å². The molecule has 1 aromatic rings. The molecule has 2 heteroatoms. The highest BCUT2D eigenvalue weighted by molar-refractivity contribution is 5.29. The van der Waals surface area contributed by atoms with E-state index >= 15 is 0 Å². The Bertz CT molecular complexity index is 307. The second kappa shape index (κ2) is 4.56. The summed E-state index contributed by atoms with van der Waals surface area (Å²) in [5, 5.41) is 0. The standard InChI is InChI=1S/C12H18FN/c1-8(2)6-12(14)11-5-4-10(13)7-9(11)3/h4-5,7-8,12H,6,14H2,1-3H3/t12-/m0/s1. The average molecular weight is 195 g/mol. The Morgan fingerprint density at radius 2 is 2.00 bits per heavy atom. The van der Waals surface area contributed by atoms with Crippen molar-refractivity contribution < 1.29 is 4.39 Å². The minimum absolute atomic E-state index is 0.0237. The molecule has 0 radical (unpaired) electrons. The predicted octanol–water partition coefficient (Wildman–Crippen LogP) is 3.18. The average Bonchev–Trinajstić information content (AvgIpc) is 2.01. The summed E-state index contributed by atoms with van der Waals surface area (Å²) in [5.74, 6) is 0.373. The van der Waals surface area contributed by atoms with Gasteiger partial charge in [0.15, 0.2) is 0 Å². The molecule has 0 aliphatic carbocycles. The molecule has 1 nitrogen and oxygen atoms in total. The predicted molar refractivity (Wildman–Crippen MR) is 57.5 cm³/mol. The molecular formula is C12H18FN. The third-order valence-corrected chi connectivity index (χ3v) is 2.36. The normalized spacial score (nSPS) is 13.3. The third kappa shape index (κ3) is 2.81. The maximum atomic E-state index is 12.8. The van der Waals surface area contributed by atoms with Gasteiger partial charge in [-0.1, -0.05) is 19.9 Å². The summed E-state index contributed by atoms with van der Waals surface area (Å²) in [6.45, 7) is 6.18. The van der Waals surface area contributed by atoms with Crippen LogP contribution in [0.3, 0.4) is 0 Å². The number of halogens is 1. The van der Waals surface area contributed by atoms with E-state index in [1.807, 2.05) is 6.92 Å². The van der Waals surface area contributed by atoms with Gasteiger partial charge in [0.1, 0.15) is 5.82 Å². The van der Waals surface area contributed by atoms with Crippen LogP contribution in [0.5, 0.6) is 0 Å². The molecule has 0 saturated heterocycles. The van der Waals surface area contributed by atoms with Gasteiger partial charge >= 0.3 is 0 Å². The number of rotatable bonds is 3. The molecule has 0 aliphatic rings. The molecule has 0 spiro atoms. The molecule has 1 aromatic carbocycles. The number of benzene rings is 1. The fourth-order valence-corrected chi connectivity index (χ4v) is 1.69. The lowest BCUT2D eigenvalue weighted by molar-refractivity contribution is 0.507. The van der Waals surface area contributed by atoms with Crippen LogP contribution in [-0.4, -0.2) is 0 Å². The molecule has 0 heterocycles. The summed E-state index contributed by atoms with van der Waals surface area (Å²) < 4.78 is 12.8. The van der Waals surface area contributed by atoms with E-state index in [2.05, 4.69) is 13.8 Å². The van der Waals surface area contributed by atoms with Crippen LogP contribution in [0, 0.1) is 18.7 Å². The molecule has 0 saturated carbocycles. The summed E-state index contributed by atoms with van der Waals surface area (Å²) in [5.41, 5.74) is 8.02. The zero-order chi connectivity index (χ0) is 10.7. The Labute approximate surface area is 85.1 Å². The van der Waals surface area contributed by atoms with Gasteiger partial charge in [0.2, 0.25) is 0 Å². The highest BCUT2D eigenvalue weighted by atomic mass is 19.1. The van der Waals surface area contributed by atoms with Gasteiger partial charge in [0, 0.05) is 6.04 Å². The summed E-state index contributed by atoms with van der Waals surface area (Å²) in [6, 6.07) is 4.83. The summed E-state index contributed by atoms with van der Waals surface area (Å²) >= 11 is 0. The van der Waals surface area contributed by atoms with Crippen LogP contribution < -0.4 is 5.73 Å². The lowest BCUT2D eigenvalue weighted by atomic mass is 9.95. The van der Waals surface area contributed by atoms with Crippen molar-refractivity contribution in [1.29, 1.82) is 0 Å². The minimum Gasteiger partial charge on any atom is -0.324 e. The molecule has 0 aliphatic heterocycles. The molecular weight excluding hydrogens is 177 g/mol.